The minimum Gasteiger partial charge on any atom is -0.486 e. The summed E-state index contributed by atoms with van der Waals surface area (Å²) in [5, 5.41) is 0. The molecule has 0 saturated heterocycles. The van der Waals surface area contributed by atoms with E-state index in [2.05, 4.69) is 0 Å². The molecule has 1 atom stereocenters. The molecule has 0 aromatic heterocycles. The van der Waals surface area contributed by atoms with Crippen LogP contribution >= 0.6 is 0 Å². The number of likely N-dealkylation sites (N-methyl/N-ethyl adjacent to an activating group) is 1. The number of fused-ring (bicyclic) bond motifs is 1. The molecule has 0 saturated carbocycles. The molecule has 98 valence electrons. The van der Waals surface area contributed by atoms with E-state index >= 15 is 0 Å². The second kappa shape index (κ2) is 5.73. The van der Waals surface area contributed by atoms with Gasteiger partial charge in [-0.2, -0.15) is 0 Å². The third-order valence-corrected chi connectivity index (χ3v) is 2.83. The van der Waals surface area contributed by atoms with Crippen molar-refractivity contribution in [3.8, 4) is 11.5 Å². The maximum absolute atomic E-state index is 11.6. The number of rotatable bonds is 4. The molecule has 1 aromatic rings. The van der Waals surface area contributed by atoms with Crippen molar-refractivity contribution in [2.75, 3.05) is 26.7 Å². The van der Waals surface area contributed by atoms with E-state index in [1.54, 1.807) is 11.9 Å². The normalized spacial score (nSPS) is 17.3. The van der Waals surface area contributed by atoms with Crippen LogP contribution in [0.3, 0.4) is 0 Å². The smallest absolute Gasteiger partial charge is 0.223 e. The van der Waals surface area contributed by atoms with E-state index < -0.39 is 0 Å². The Balaban J connectivity index is 1.91. The molecule has 5 nitrogen and oxygen atoms in total. The highest BCUT2D eigenvalue weighted by molar-refractivity contribution is 5.76. The van der Waals surface area contributed by atoms with Gasteiger partial charge < -0.3 is 20.1 Å². The Morgan fingerprint density at radius 1 is 1.44 bits per heavy atom. The van der Waals surface area contributed by atoms with E-state index in [0.717, 1.165) is 11.5 Å². The van der Waals surface area contributed by atoms with Gasteiger partial charge in [-0.1, -0.05) is 12.1 Å². The van der Waals surface area contributed by atoms with Gasteiger partial charge in [-0.25, -0.2) is 0 Å². The monoisotopic (exact) mass is 250 g/mol. The van der Waals surface area contributed by atoms with Crippen molar-refractivity contribution in [1.29, 1.82) is 0 Å². The molecule has 1 amide bonds. The summed E-state index contributed by atoms with van der Waals surface area (Å²) in [5.41, 5.74) is 5.36. The maximum Gasteiger partial charge on any atom is 0.223 e. The molecule has 1 aromatic carbocycles. The van der Waals surface area contributed by atoms with Crippen molar-refractivity contribution in [1.82, 2.24) is 4.90 Å². The zero-order valence-corrected chi connectivity index (χ0v) is 10.5. The summed E-state index contributed by atoms with van der Waals surface area (Å²) in [4.78, 5) is 13.2. The summed E-state index contributed by atoms with van der Waals surface area (Å²) in [7, 11) is 1.75. The van der Waals surface area contributed by atoms with Crippen LogP contribution in [0.4, 0.5) is 0 Å². The van der Waals surface area contributed by atoms with E-state index in [-0.39, 0.29) is 12.0 Å². The Bertz CT molecular complexity index is 422. The SMILES string of the molecule is CN(CC1COc2ccccc2O1)C(=O)CCN. The first-order valence-electron chi connectivity index (χ1n) is 6.03. The fourth-order valence-corrected chi connectivity index (χ4v) is 1.87. The van der Waals surface area contributed by atoms with Crippen LogP contribution in [0, 0.1) is 0 Å². The number of hydrogen-bond donors (Lipinski definition) is 1. The van der Waals surface area contributed by atoms with Crippen LogP contribution in [0.1, 0.15) is 6.42 Å². The van der Waals surface area contributed by atoms with Gasteiger partial charge in [0.05, 0.1) is 6.54 Å². The Kier molecular flexibility index (Phi) is 4.04. The average molecular weight is 250 g/mol. The molecule has 1 heterocycles. The van der Waals surface area contributed by atoms with E-state index in [4.69, 9.17) is 15.2 Å². The number of carbonyl (C=O) groups is 1. The highest BCUT2D eigenvalue weighted by atomic mass is 16.6. The number of nitrogens with two attached hydrogens (primary N) is 1. The Labute approximate surface area is 106 Å². The lowest BCUT2D eigenvalue weighted by Gasteiger charge is -2.29. The van der Waals surface area contributed by atoms with E-state index in [1.165, 1.54) is 0 Å². The fourth-order valence-electron chi connectivity index (χ4n) is 1.87. The lowest BCUT2D eigenvalue weighted by molar-refractivity contribution is -0.131. The predicted octanol–water partition coefficient (Wildman–Crippen LogP) is 0.634. The molecule has 0 spiro atoms. The molecule has 2 rings (SSSR count). The minimum atomic E-state index is -0.133. The van der Waals surface area contributed by atoms with E-state index in [0.29, 0.717) is 26.1 Å². The van der Waals surface area contributed by atoms with Crippen molar-refractivity contribution in [2.24, 2.45) is 5.73 Å². The number of hydrogen-bond acceptors (Lipinski definition) is 4. The summed E-state index contributed by atoms with van der Waals surface area (Å²) >= 11 is 0. The molecule has 5 heteroatoms. The van der Waals surface area contributed by atoms with Gasteiger partial charge in [-0.15, -0.1) is 0 Å². The van der Waals surface area contributed by atoms with Gasteiger partial charge in [-0.05, 0) is 12.1 Å². The molecule has 0 bridgehead atoms. The lowest BCUT2D eigenvalue weighted by atomic mass is 10.2. The summed E-state index contributed by atoms with van der Waals surface area (Å²) in [6.45, 7) is 1.33. The molecular formula is C13H18N2O3. The zero-order valence-electron chi connectivity index (χ0n) is 10.5. The molecule has 0 radical (unpaired) electrons. The van der Waals surface area contributed by atoms with Crippen LogP contribution < -0.4 is 15.2 Å². The summed E-state index contributed by atoms with van der Waals surface area (Å²) in [6, 6.07) is 7.53. The van der Waals surface area contributed by atoms with Crippen molar-refractivity contribution >= 4 is 5.91 Å². The minimum absolute atomic E-state index is 0.0277. The number of carbonyl (C=O) groups excluding carboxylic acids is 1. The molecule has 0 aliphatic carbocycles. The molecule has 1 aliphatic heterocycles. The Morgan fingerprint density at radius 3 is 2.89 bits per heavy atom. The summed E-state index contributed by atoms with van der Waals surface area (Å²) < 4.78 is 11.4. The number of amides is 1. The topological polar surface area (TPSA) is 64.8 Å². The standard InChI is InChI=1S/C13H18N2O3/c1-15(13(16)6-7-14)8-10-9-17-11-4-2-3-5-12(11)18-10/h2-5,10H,6-9,14H2,1H3. The largest absolute Gasteiger partial charge is 0.486 e. The molecule has 0 fully saturated rings. The first-order chi connectivity index (χ1) is 8.70. The number of benzene rings is 1. The molecule has 1 unspecified atom stereocenters. The van der Waals surface area contributed by atoms with Crippen LogP contribution in [0.15, 0.2) is 24.3 Å². The van der Waals surface area contributed by atoms with Gasteiger partial charge in [0.2, 0.25) is 5.91 Å². The zero-order chi connectivity index (χ0) is 13.0. The van der Waals surface area contributed by atoms with Gasteiger partial charge >= 0.3 is 0 Å². The number of ether oxygens (including phenoxy) is 2. The highest BCUT2D eigenvalue weighted by Crippen LogP contribution is 2.30. The number of nitrogens with zero attached hydrogens (tertiary/aromatic N) is 1. The maximum atomic E-state index is 11.6. The fraction of sp³-hybridized carbons (Fsp3) is 0.462. The van der Waals surface area contributed by atoms with E-state index in [9.17, 15) is 4.79 Å². The highest BCUT2D eigenvalue weighted by Gasteiger charge is 2.23. The summed E-state index contributed by atoms with van der Waals surface area (Å²) in [5.74, 6) is 1.51. The second-order valence-corrected chi connectivity index (χ2v) is 4.31. The van der Waals surface area contributed by atoms with Crippen molar-refractivity contribution in [3.05, 3.63) is 24.3 Å². The predicted molar refractivity (Wildman–Crippen MR) is 67.7 cm³/mol. The Hall–Kier alpha value is -1.75. The van der Waals surface area contributed by atoms with Crippen molar-refractivity contribution in [2.45, 2.75) is 12.5 Å². The van der Waals surface area contributed by atoms with Gasteiger partial charge in [0.1, 0.15) is 6.61 Å². The van der Waals surface area contributed by atoms with Crippen LogP contribution in [-0.2, 0) is 4.79 Å². The van der Waals surface area contributed by atoms with Crippen molar-refractivity contribution in [3.63, 3.8) is 0 Å². The van der Waals surface area contributed by atoms with Crippen LogP contribution in [0.2, 0.25) is 0 Å². The third-order valence-electron chi connectivity index (χ3n) is 2.83. The molecule has 18 heavy (non-hydrogen) atoms. The van der Waals surface area contributed by atoms with Crippen LogP contribution in [0.25, 0.3) is 0 Å². The third kappa shape index (κ3) is 2.92. The quantitative estimate of drug-likeness (QED) is 0.851. The summed E-state index contributed by atoms with van der Waals surface area (Å²) in [6.07, 6.45) is 0.229. The first kappa shape index (κ1) is 12.7. The van der Waals surface area contributed by atoms with Gasteiger partial charge in [-0.3, -0.25) is 4.79 Å². The molecule has 2 N–H and O–H groups in total. The van der Waals surface area contributed by atoms with Gasteiger partial charge in [0, 0.05) is 20.0 Å². The molecular weight excluding hydrogens is 232 g/mol. The van der Waals surface area contributed by atoms with Crippen LogP contribution in [-0.4, -0.2) is 43.7 Å². The first-order valence-corrected chi connectivity index (χ1v) is 6.03. The lowest BCUT2D eigenvalue weighted by Crippen LogP contribution is -2.42. The second-order valence-electron chi connectivity index (χ2n) is 4.31. The number of para-hydroxylation sites is 2. The Morgan fingerprint density at radius 2 is 2.17 bits per heavy atom. The van der Waals surface area contributed by atoms with Crippen LogP contribution in [0.5, 0.6) is 11.5 Å². The van der Waals surface area contributed by atoms with Gasteiger partial charge in [0.15, 0.2) is 17.6 Å². The van der Waals surface area contributed by atoms with E-state index in [1.807, 2.05) is 24.3 Å². The van der Waals surface area contributed by atoms with Crippen molar-refractivity contribution < 1.29 is 14.3 Å². The van der Waals surface area contributed by atoms with Gasteiger partial charge in [0.25, 0.3) is 0 Å². The average Bonchev–Trinajstić information content (AvgIpc) is 2.39. The molecule has 1 aliphatic rings.